The molecule has 2 aromatic rings. The van der Waals surface area contributed by atoms with Crippen molar-refractivity contribution >= 4 is 34.1 Å². The second-order valence-electron chi connectivity index (χ2n) is 4.41. The van der Waals surface area contributed by atoms with Gasteiger partial charge in [0.2, 0.25) is 5.17 Å². The van der Waals surface area contributed by atoms with Crippen molar-refractivity contribution < 1.29 is 18.0 Å². The first-order chi connectivity index (χ1) is 10.9. The zero-order chi connectivity index (χ0) is 16.9. The van der Waals surface area contributed by atoms with E-state index in [9.17, 15) is 18.0 Å². The molecule has 0 aliphatic heterocycles. The Hall–Kier alpha value is -2.54. The molecule has 120 valence electrons. The minimum Gasteiger partial charge on any atom is -0.320 e. The smallest absolute Gasteiger partial charge is 0.320 e. The number of carbonyl (C=O) groups excluding carboxylic acids is 1. The van der Waals surface area contributed by atoms with Gasteiger partial charge < -0.3 is 5.32 Å². The van der Waals surface area contributed by atoms with Crippen molar-refractivity contribution in [2.75, 3.05) is 10.7 Å². The number of hydrazone groups is 1. The summed E-state index contributed by atoms with van der Waals surface area (Å²) in [5.74, 6) is -0.683. The Bertz CT molecular complexity index is 717. The number of nitrogens with one attached hydrogen (secondary N) is 2. The Morgan fingerprint density at radius 1 is 1.00 bits per heavy atom. The van der Waals surface area contributed by atoms with E-state index in [-0.39, 0.29) is 5.69 Å². The molecule has 0 aliphatic rings. The molecule has 0 fully saturated rings. The zero-order valence-corrected chi connectivity index (χ0v) is 12.3. The molecule has 2 N–H and O–H groups in total. The number of nitrogens with zero attached hydrogens (tertiary/aromatic N) is 1. The van der Waals surface area contributed by atoms with E-state index in [0.717, 1.165) is 12.1 Å². The number of anilines is 2. The summed E-state index contributed by atoms with van der Waals surface area (Å²) in [6.45, 7) is 0. The number of benzene rings is 2. The fraction of sp³-hybridized carbons (Fsp3) is 0.0667. The molecule has 0 spiro atoms. The lowest BCUT2D eigenvalue weighted by Gasteiger charge is -2.08. The van der Waals surface area contributed by atoms with Gasteiger partial charge in [-0.2, -0.15) is 18.3 Å². The molecule has 23 heavy (non-hydrogen) atoms. The molecule has 4 nitrogen and oxygen atoms in total. The highest BCUT2D eigenvalue weighted by molar-refractivity contribution is 6.84. The van der Waals surface area contributed by atoms with E-state index in [4.69, 9.17) is 11.6 Å². The van der Waals surface area contributed by atoms with Gasteiger partial charge >= 0.3 is 6.18 Å². The van der Waals surface area contributed by atoms with Gasteiger partial charge in [-0.15, -0.1) is 0 Å². The van der Waals surface area contributed by atoms with Crippen molar-refractivity contribution in [1.82, 2.24) is 0 Å². The van der Waals surface area contributed by atoms with E-state index in [1.165, 1.54) is 12.1 Å². The summed E-state index contributed by atoms with van der Waals surface area (Å²) in [6.07, 6.45) is -4.46. The molecule has 0 saturated heterocycles. The normalized spacial score (nSPS) is 11.9. The molecule has 0 heterocycles. The third kappa shape index (κ3) is 5.00. The molecule has 0 aliphatic carbocycles. The molecular formula is C15H11ClF3N3O. The van der Waals surface area contributed by atoms with Crippen LogP contribution in [0.1, 0.15) is 5.56 Å². The Morgan fingerprint density at radius 2 is 1.65 bits per heavy atom. The van der Waals surface area contributed by atoms with Gasteiger partial charge in [-0.1, -0.05) is 35.9 Å². The monoisotopic (exact) mass is 341 g/mol. The number of hydrogen-bond donors (Lipinski definition) is 2. The molecular weight excluding hydrogens is 331 g/mol. The number of rotatable bonds is 4. The Balaban J connectivity index is 2.03. The summed E-state index contributed by atoms with van der Waals surface area (Å²) in [5, 5.41) is 5.62. The van der Waals surface area contributed by atoms with Crippen LogP contribution in [0.25, 0.3) is 0 Å². The summed E-state index contributed by atoms with van der Waals surface area (Å²) in [7, 11) is 0. The third-order valence-corrected chi connectivity index (χ3v) is 2.95. The van der Waals surface area contributed by atoms with Crippen molar-refractivity contribution in [2.24, 2.45) is 5.10 Å². The second kappa shape index (κ2) is 7.15. The molecule has 8 heteroatoms. The van der Waals surface area contributed by atoms with Gasteiger partial charge in [-0.3, -0.25) is 10.2 Å². The van der Waals surface area contributed by atoms with Gasteiger partial charge in [0.25, 0.3) is 5.91 Å². The van der Waals surface area contributed by atoms with Gasteiger partial charge in [0.1, 0.15) is 0 Å². The number of para-hydroxylation sites is 1. The molecule has 0 atom stereocenters. The molecule has 2 rings (SSSR count). The summed E-state index contributed by atoms with van der Waals surface area (Å²) in [4.78, 5) is 11.8. The lowest BCUT2D eigenvalue weighted by Crippen LogP contribution is -2.19. The number of hydrogen-bond acceptors (Lipinski definition) is 3. The van der Waals surface area contributed by atoms with Crippen LogP contribution in [0, 0.1) is 0 Å². The topological polar surface area (TPSA) is 53.5 Å². The molecule has 0 aromatic heterocycles. The minimum absolute atomic E-state index is 0.0606. The zero-order valence-electron chi connectivity index (χ0n) is 11.6. The van der Waals surface area contributed by atoms with E-state index in [0.29, 0.717) is 5.69 Å². The van der Waals surface area contributed by atoms with Crippen molar-refractivity contribution in [2.45, 2.75) is 6.18 Å². The van der Waals surface area contributed by atoms with E-state index in [1.54, 1.807) is 30.3 Å². The molecule has 0 bridgehead atoms. The summed E-state index contributed by atoms with van der Waals surface area (Å²) in [6, 6.07) is 12.9. The van der Waals surface area contributed by atoms with Crippen molar-refractivity contribution in [3.8, 4) is 0 Å². The van der Waals surface area contributed by atoms with Crippen LogP contribution in [-0.4, -0.2) is 11.1 Å². The van der Waals surface area contributed by atoms with Gasteiger partial charge in [0.05, 0.1) is 11.3 Å². The van der Waals surface area contributed by atoms with Gasteiger partial charge in [-0.05, 0) is 30.3 Å². The standard InChI is InChI=1S/C15H11ClF3N3O/c16-13(14(23)20-11-6-2-1-3-7-11)22-21-12-8-4-5-10(9-12)15(17,18)19/h1-9,21H,(H,20,23)/b22-13-. The first-order valence-corrected chi connectivity index (χ1v) is 6.77. The SMILES string of the molecule is O=C(Nc1ccccc1)/C(Cl)=N/Nc1cccc(C(F)(F)F)c1. The second-order valence-corrected chi connectivity index (χ2v) is 4.77. The number of alkyl halides is 3. The predicted octanol–water partition coefficient (Wildman–Crippen LogP) is 4.31. The van der Waals surface area contributed by atoms with Crippen molar-refractivity contribution in [3.05, 3.63) is 60.2 Å². The molecule has 2 aromatic carbocycles. The van der Waals surface area contributed by atoms with E-state index >= 15 is 0 Å². The van der Waals surface area contributed by atoms with Crippen molar-refractivity contribution in [1.29, 1.82) is 0 Å². The Morgan fingerprint density at radius 3 is 2.30 bits per heavy atom. The maximum Gasteiger partial charge on any atom is 0.416 e. The average molecular weight is 342 g/mol. The highest BCUT2D eigenvalue weighted by Gasteiger charge is 2.30. The number of amides is 1. The van der Waals surface area contributed by atoms with Gasteiger partial charge in [0, 0.05) is 5.69 Å². The highest BCUT2D eigenvalue weighted by atomic mass is 35.5. The summed E-state index contributed by atoms with van der Waals surface area (Å²) in [5.41, 5.74) is 2.07. The van der Waals surface area contributed by atoms with Crippen LogP contribution in [0.4, 0.5) is 24.5 Å². The summed E-state index contributed by atoms with van der Waals surface area (Å²) < 4.78 is 37.8. The number of carbonyl (C=O) groups is 1. The number of halogens is 4. The summed E-state index contributed by atoms with van der Waals surface area (Å²) >= 11 is 5.71. The Labute approximate surface area is 135 Å². The molecule has 0 radical (unpaired) electrons. The Kier molecular flexibility index (Phi) is 5.23. The van der Waals surface area contributed by atoms with Crippen LogP contribution >= 0.6 is 11.6 Å². The fourth-order valence-electron chi connectivity index (χ4n) is 1.63. The van der Waals surface area contributed by atoms with Crippen LogP contribution in [0.3, 0.4) is 0 Å². The first-order valence-electron chi connectivity index (χ1n) is 6.39. The van der Waals surface area contributed by atoms with Gasteiger partial charge in [0.15, 0.2) is 0 Å². The lowest BCUT2D eigenvalue weighted by molar-refractivity contribution is -0.137. The molecule has 0 unspecified atom stereocenters. The highest BCUT2D eigenvalue weighted by Crippen LogP contribution is 2.30. The van der Waals surface area contributed by atoms with Crippen LogP contribution in [0.15, 0.2) is 59.7 Å². The van der Waals surface area contributed by atoms with Crippen LogP contribution in [0.5, 0.6) is 0 Å². The van der Waals surface area contributed by atoms with E-state index in [1.807, 2.05) is 0 Å². The van der Waals surface area contributed by atoms with Crippen LogP contribution in [0.2, 0.25) is 0 Å². The predicted molar refractivity (Wildman–Crippen MR) is 83.4 cm³/mol. The van der Waals surface area contributed by atoms with Crippen LogP contribution in [-0.2, 0) is 11.0 Å². The first kappa shape index (κ1) is 16.8. The molecule has 0 saturated carbocycles. The van der Waals surface area contributed by atoms with E-state index < -0.39 is 22.8 Å². The average Bonchev–Trinajstić information content (AvgIpc) is 2.53. The van der Waals surface area contributed by atoms with Crippen molar-refractivity contribution in [3.63, 3.8) is 0 Å². The maximum atomic E-state index is 12.6. The maximum absolute atomic E-state index is 12.6. The van der Waals surface area contributed by atoms with E-state index in [2.05, 4.69) is 15.8 Å². The molecule has 1 amide bonds. The van der Waals surface area contributed by atoms with Gasteiger partial charge in [-0.25, -0.2) is 0 Å². The third-order valence-electron chi connectivity index (χ3n) is 2.69. The fourth-order valence-corrected chi connectivity index (χ4v) is 1.72. The largest absolute Gasteiger partial charge is 0.416 e. The quantitative estimate of drug-likeness (QED) is 0.643. The minimum atomic E-state index is -4.46. The van der Waals surface area contributed by atoms with Crippen LogP contribution < -0.4 is 10.7 Å². The lowest BCUT2D eigenvalue weighted by atomic mass is 10.2.